The standard InChI is InChI=1S/C18H25NO3/c1-4-12-5-6-15-14(11-12)16(21)17(18(2,3)22-15)19-9-7-13(20)8-10-19/h5-6,11,16-17,21H,4,7-10H2,1-3H3. The largest absolute Gasteiger partial charge is 0.486 e. The van der Waals surface area contributed by atoms with Gasteiger partial charge in [0, 0.05) is 31.5 Å². The summed E-state index contributed by atoms with van der Waals surface area (Å²) < 4.78 is 6.20. The number of ether oxygens (including phenoxy) is 1. The molecule has 0 radical (unpaired) electrons. The van der Waals surface area contributed by atoms with Crippen molar-refractivity contribution in [3.8, 4) is 5.75 Å². The molecule has 1 aromatic rings. The molecule has 2 aliphatic heterocycles. The lowest BCUT2D eigenvalue weighted by molar-refractivity contribution is -0.127. The molecule has 2 atom stereocenters. The minimum Gasteiger partial charge on any atom is -0.486 e. The smallest absolute Gasteiger partial charge is 0.135 e. The van der Waals surface area contributed by atoms with Crippen LogP contribution in [0.2, 0.25) is 0 Å². The van der Waals surface area contributed by atoms with E-state index in [-0.39, 0.29) is 6.04 Å². The molecule has 120 valence electrons. The van der Waals surface area contributed by atoms with Crippen LogP contribution in [0.25, 0.3) is 0 Å². The molecule has 2 unspecified atom stereocenters. The summed E-state index contributed by atoms with van der Waals surface area (Å²) in [6.07, 6.45) is 1.49. The van der Waals surface area contributed by atoms with Gasteiger partial charge in [-0.1, -0.05) is 13.0 Å². The average Bonchev–Trinajstić information content (AvgIpc) is 2.48. The molecule has 0 saturated carbocycles. The molecular weight excluding hydrogens is 278 g/mol. The van der Waals surface area contributed by atoms with Gasteiger partial charge < -0.3 is 9.84 Å². The summed E-state index contributed by atoms with van der Waals surface area (Å²) in [5.41, 5.74) is 1.59. The molecule has 0 amide bonds. The van der Waals surface area contributed by atoms with E-state index in [1.807, 2.05) is 19.9 Å². The number of likely N-dealkylation sites (tertiary alicyclic amines) is 1. The third kappa shape index (κ3) is 2.66. The molecule has 1 fully saturated rings. The van der Waals surface area contributed by atoms with E-state index in [0.717, 1.165) is 17.7 Å². The van der Waals surface area contributed by atoms with Crippen molar-refractivity contribution in [2.45, 2.75) is 57.8 Å². The molecule has 0 aliphatic carbocycles. The third-order valence-corrected chi connectivity index (χ3v) is 4.93. The molecule has 4 heteroatoms. The molecule has 2 aliphatic rings. The predicted molar refractivity (Wildman–Crippen MR) is 85.1 cm³/mol. The number of nitrogens with zero attached hydrogens (tertiary/aromatic N) is 1. The molecule has 3 rings (SSSR count). The zero-order valence-electron chi connectivity index (χ0n) is 13.6. The van der Waals surface area contributed by atoms with E-state index in [2.05, 4.69) is 24.0 Å². The first-order chi connectivity index (χ1) is 10.4. The summed E-state index contributed by atoms with van der Waals surface area (Å²) in [6, 6.07) is 5.95. The van der Waals surface area contributed by atoms with E-state index in [1.54, 1.807) is 0 Å². The van der Waals surface area contributed by atoms with E-state index in [0.29, 0.717) is 31.7 Å². The molecule has 4 nitrogen and oxygen atoms in total. The number of fused-ring (bicyclic) bond motifs is 1. The van der Waals surface area contributed by atoms with Gasteiger partial charge in [0.15, 0.2) is 0 Å². The first-order valence-corrected chi connectivity index (χ1v) is 8.18. The zero-order chi connectivity index (χ0) is 15.9. The normalized spacial score (nSPS) is 28.1. The van der Waals surface area contributed by atoms with Crippen molar-refractivity contribution < 1.29 is 14.6 Å². The van der Waals surface area contributed by atoms with Crippen LogP contribution in [0, 0.1) is 0 Å². The van der Waals surface area contributed by atoms with Crippen molar-refractivity contribution in [1.82, 2.24) is 4.90 Å². The lowest BCUT2D eigenvalue weighted by Crippen LogP contribution is -2.59. The number of Topliss-reactive ketones (excluding diaryl/α,β-unsaturated/α-hetero) is 1. The van der Waals surface area contributed by atoms with E-state index < -0.39 is 11.7 Å². The Kier molecular flexibility index (Phi) is 4.00. The van der Waals surface area contributed by atoms with Crippen molar-refractivity contribution >= 4 is 5.78 Å². The Morgan fingerprint density at radius 3 is 2.64 bits per heavy atom. The van der Waals surface area contributed by atoms with Crippen LogP contribution in [0.3, 0.4) is 0 Å². The van der Waals surface area contributed by atoms with Crippen LogP contribution in [-0.2, 0) is 11.2 Å². The molecule has 0 bridgehead atoms. The number of hydrogen-bond donors (Lipinski definition) is 1. The van der Waals surface area contributed by atoms with Gasteiger partial charge in [0.2, 0.25) is 0 Å². The fourth-order valence-electron chi connectivity index (χ4n) is 3.73. The maximum absolute atomic E-state index is 11.5. The molecular formula is C18H25NO3. The van der Waals surface area contributed by atoms with Gasteiger partial charge in [-0.05, 0) is 38.0 Å². The summed E-state index contributed by atoms with van der Waals surface area (Å²) in [7, 11) is 0. The lowest BCUT2D eigenvalue weighted by atomic mass is 9.83. The number of piperidine rings is 1. The molecule has 0 spiro atoms. The Morgan fingerprint density at radius 2 is 2.00 bits per heavy atom. The Labute approximate surface area is 132 Å². The molecule has 1 N–H and O–H groups in total. The molecule has 1 saturated heterocycles. The Bertz CT molecular complexity index is 572. The van der Waals surface area contributed by atoms with Crippen molar-refractivity contribution in [3.05, 3.63) is 29.3 Å². The van der Waals surface area contributed by atoms with Gasteiger partial charge in [-0.3, -0.25) is 9.69 Å². The minimum atomic E-state index is -0.585. The zero-order valence-corrected chi connectivity index (χ0v) is 13.6. The van der Waals surface area contributed by atoms with Crippen LogP contribution < -0.4 is 4.74 Å². The Hall–Kier alpha value is -1.39. The maximum Gasteiger partial charge on any atom is 0.135 e. The van der Waals surface area contributed by atoms with Gasteiger partial charge >= 0.3 is 0 Å². The highest BCUT2D eigenvalue weighted by Crippen LogP contribution is 2.43. The Morgan fingerprint density at radius 1 is 1.32 bits per heavy atom. The summed E-state index contributed by atoms with van der Waals surface area (Å²) >= 11 is 0. The number of carbonyl (C=O) groups excluding carboxylic acids is 1. The fourth-order valence-corrected chi connectivity index (χ4v) is 3.73. The van der Waals surface area contributed by atoms with E-state index in [4.69, 9.17) is 4.74 Å². The SMILES string of the molecule is CCc1ccc2c(c1)C(O)C(N1CCC(=O)CC1)C(C)(C)O2. The van der Waals surface area contributed by atoms with Crippen molar-refractivity contribution in [2.24, 2.45) is 0 Å². The third-order valence-electron chi connectivity index (χ3n) is 4.93. The van der Waals surface area contributed by atoms with Crippen molar-refractivity contribution in [1.29, 1.82) is 0 Å². The second-order valence-corrected chi connectivity index (χ2v) is 6.90. The summed E-state index contributed by atoms with van der Waals surface area (Å²) in [6.45, 7) is 7.56. The fraction of sp³-hybridized carbons (Fsp3) is 0.611. The van der Waals surface area contributed by atoms with E-state index in [1.165, 1.54) is 5.56 Å². The van der Waals surface area contributed by atoms with Gasteiger partial charge in [0.05, 0.1) is 6.04 Å². The number of hydrogen-bond acceptors (Lipinski definition) is 4. The van der Waals surface area contributed by atoms with Gasteiger partial charge in [0.1, 0.15) is 23.2 Å². The molecule has 2 heterocycles. The summed E-state index contributed by atoms with van der Waals surface area (Å²) in [4.78, 5) is 13.7. The quantitative estimate of drug-likeness (QED) is 0.912. The van der Waals surface area contributed by atoms with Crippen LogP contribution in [0.4, 0.5) is 0 Å². The number of aliphatic hydroxyl groups excluding tert-OH is 1. The first-order valence-electron chi connectivity index (χ1n) is 8.18. The highest BCUT2D eigenvalue weighted by molar-refractivity contribution is 5.79. The second-order valence-electron chi connectivity index (χ2n) is 6.90. The monoisotopic (exact) mass is 303 g/mol. The highest BCUT2D eigenvalue weighted by atomic mass is 16.5. The van der Waals surface area contributed by atoms with Crippen LogP contribution in [-0.4, -0.2) is 40.5 Å². The van der Waals surface area contributed by atoms with E-state index >= 15 is 0 Å². The summed E-state index contributed by atoms with van der Waals surface area (Å²) in [5, 5.41) is 11.0. The number of aryl methyl sites for hydroxylation is 1. The molecule has 22 heavy (non-hydrogen) atoms. The van der Waals surface area contributed by atoms with Crippen LogP contribution in [0.1, 0.15) is 50.8 Å². The first kappa shape index (κ1) is 15.5. The summed E-state index contributed by atoms with van der Waals surface area (Å²) in [5.74, 6) is 1.09. The molecule has 1 aromatic carbocycles. The van der Waals surface area contributed by atoms with Gasteiger partial charge in [-0.2, -0.15) is 0 Å². The number of rotatable bonds is 2. The topological polar surface area (TPSA) is 49.8 Å². The number of carbonyl (C=O) groups is 1. The minimum absolute atomic E-state index is 0.125. The Balaban J connectivity index is 1.94. The van der Waals surface area contributed by atoms with Gasteiger partial charge in [0.25, 0.3) is 0 Å². The van der Waals surface area contributed by atoms with Gasteiger partial charge in [-0.25, -0.2) is 0 Å². The van der Waals surface area contributed by atoms with E-state index in [9.17, 15) is 9.90 Å². The maximum atomic E-state index is 11.5. The predicted octanol–water partition coefficient (Wildman–Crippen LogP) is 2.49. The number of benzene rings is 1. The van der Waals surface area contributed by atoms with Crippen LogP contribution >= 0.6 is 0 Å². The van der Waals surface area contributed by atoms with Crippen molar-refractivity contribution in [2.75, 3.05) is 13.1 Å². The van der Waals surface area contributed by atoms with Crippen LogP contribution in [0.15, 0.2) is 18.2 Å². The van der Waals surface area contributed by atoms with Crippen molar-refractivity contribution in [3.63, 3.8) is 0 Å². The highest BCUT2D eigenvalue weighted by Gasteiger charge is 2.46. The molecule has 0 aromatic heterocycles. The average molecular weight is 303 g/mol. The lowest BCUT2D eigenvalue weighted by Gasteiger charge is -2.49. The second kappa shape index (κ2) is 5.67. The number of aliphatic hydroxyl groups is 1. The van der Waals surface area contributed by atoms with Crippen LogP contribution in [0.5, 0.6) is 5.75 Å². The number of ketones is 1. The van der Waals surface area contributed by atoms with Gasteiger partial charge in [-0.15, -0.1) is 0 Å².